The summed E-state index contributed by atoms with van der Waals surface area (Å²) in [5.74, 6) is 0.955. The van der Waals surface area contributed by atoms with Crippen LogP contribution in [0.4, 0.5) is 0 Å². The Morgan fingerprint density at radius 1 is 1.30 bits per heavy atom. The topological polar surface area (TPSA) is 106 Å². The van der Waals surface area contributed by atoms with Gasteiger partial charge in [-0.2, -0.15) is 0 Å². The second kappa shape index (κ2) is 8.55. The lowest BCUT2D eigenvalue weighted by Crippen LogP contribution is -2.45. The van der Waals surface area contributed by atoms with E-state index in [-0.39, 0.29) is 12.5 Å². The highest BCUT2D eigenvalue weighted by Gasteiger charge is 2.44. The SMILES string of the molecule is CC(C)S(=O)(=O)NCc1nnn2c1COC1(CCN(C(=O)CCC3CCCC3)C1)C2. The van der Waals surface area contributed by atoms with Gasteiger partial charge in [0.1, 0.15) is 11.3 Å². The third kappa shape index (κ3) is 4.55. The minimum absolute atomic E-state index is 0.109. The fourth-order valence-electron chi connectivity index (χ4n) is 4.76. The molecule has 1 spiro atoms. The summed E-state index contributed by atoms with van der Waals surface area (Å²) in [5.41, 5.74) is 0.980. The fraction of sp³-hybridized carbons (Fsp3) is 0.850. The molecule has 3 aliphatic rings. The van der Waals surface area contributed by atoms with Crippen molar-refractivity contribution in [1.29, 1.82) is 0 Å². The van der Waals surface area contributed by atoms with Crippen LogP contribution in [0, 0.1) is 5.92 Å². The van der Waals surface area contributed by atoms with Crippen LogP contribution in [0.25, 0.3) is 0 Å². The van der Waals surface area contributed by atoms with Crippen LogP contribution in [-0.4, -0.2) is 58.2 Å². The number of ether oxygens (including phenoxy) is 1. The third-order valence-electron chi connectivity index (χ3n) is 6.84. The van der Waals surface area contributed by atoms with Crippen molar-refractivity contribution >= 4 is 15.9 Å². The Kier molecular flexibility index (Phi) is 6.18. The van der Waals surface area contributed by atoms with Gasteiger partial charge in [0.15, 0.2) is 0 Å². The van der Waals surface area contributed by atoms with Crippen molar-refractivity contribution in [2.45, 2.75) is 89.3 Å². The average molecular weight is 440 g/mol. The van der Waals surface area contributed by atoms with Gasteiger partial charge in [0, 0.05) is 13.0 Å². The Morgan fingerprint density at radius 2 is 2.07 bits per heavy atom. The van der Waals surface area contributed by atoms with E-state index in [1.807, 2.05) is 9.58 Å². The summed E-state index contributed by atoms with van der Waals surface area (Å²) < 4.78 is 34.6. The summed E-state index contributed by atoms with van der Waals surface area (Å²) in [7, 11) is -3.36. The Hall–Kier alpha value is -1.52. The molecule has 2 aliphatic heterocycles. The van der Waals surface area contributed by atoms with Gasteiger partial charge in [-0.25, -0.2) is 17.8 Å². The van der Waals surface area contributed by atoms with Crippen molar-refractivity contribution in [2.75, 3.05) is 13.1 Å². The molecule has 1 aliphatic carbocycles. The van der Waals surface area contributed by atoms with E-state index in [1.54, 1.807) is 13.8 Å². The van der Waals surface area contributed by atoms with Crippen LogP contribution in [-0.2, 0) is 39.3 Å². The third-order valence-corrected chi connectivity index (χ3v) is 8.63. The first kappa shape index (κ1) is 21.7. The zero-order valence-electron chi connectivity index (χ0n) is 18.0. The molecule has 0 radical (unpaired) electrons. The maximum Gasteiger partial charge on any atom is 0.222 e. The average Bonchev–Trinajstić information content (AvgIpc) is 3.45. The van der Waals surface area contributed by atoms with E-state index in [9.17, 15) is 13.2 Å². The van der Waals surface area contributed by atoms with Gasteiger partial charge in [0.05, 0.1) is 37.2 Å². The molecule has 4 rings (SSSR count). The van der Waals surface area contributed by atoms with Crippen molar-refractivity contribution in [3.05, 3.63) is 11.4 Å². The highest BCUT2D eigenvalue weighted by Crippen LogP contribution is 2.34. The van der Waals surface area contributed by atoms with E-state index < -0.39 is 20.9 Å². The van der Waals surface area contributed by atoms with Gasteiger partial charge >= 0.3 is 0 Å². The van der Waals surface area contributed by atoms with Gasteiger partial charge < -0.3 is 9.64 Å². The maximum atomic E-state index is 12.7. The maximum absolute atomic E-state index is 12.7. The van der Waals surface area contributed by atoms with Gasteiger partial charge in [-0.15, -0.1) is 5.10 Å². The molecule has 1 unspecified atom stereocenters. The number of carbonyl (C=O) groups excluding carboxylic acids is 1. The molecule has 0 aromatic carbocycles. The Balaban J connectivity index is 1.33. The molecule has 1 amide bonds. The van der Waals surface area contributed by atoms with Crippen LogP contribution in [0.2, 0.25) is 0 Å². The summed E-state index contributed by atoms with van der Waals surface area (Å²) >= 11 is 0. The van der Waals surface area contributed by atoms with Crippen LogP contribution in [0.15, 0.2) is 0 Å². The molecule has 3 heterocycles. The minimum Gasteiger partial charge on any atom is -0.365 e. The summed E-state index contributed by atoms with van der Waals surface area (Å²) in [6.07, 6.45) is 7.58. The van der Waals surface area contributed by atoms with E-state index in [0.29, 0.717) is 38.4 Å². The molecule has 1 atom stereocenters. The van der Waals surface area contributed by atoms with Crippen molar-refractivity contribution in [1.82, 2.24) is 24.6 Å². The molecular weight excluding hydrogens is 406 g/mol. The molecular formula is C20H33N5O4S. The van der Waals surface area contributed by atoms with Gasteiger partial charge in [-0.1, -0.05) is 30.9 Å². The Bertz CT molecular complexity index is 878. The van der Waals surface area contributed by atoms with Crippen LogP contribution in [0.1, 0.15) is 70.2 Å². The molecule has 1 aromatic heterocycles. The van der Waals surface area contributed by atoms with E-state index in [1.165, 1.54) is 25.7 Å². The van der Waals surface area contributed by atoms with Gasteiger partial charge in [0.25, 0.3) is 0 Å². The van der Waals surface area contributed by atoms with Gasteiger partial charge in [-0.3, -0.25) is 4.79 Å². The minimum atomic E-state index is -3.36. The van der Waals surface area contributed by atoms with E-state index >= 15 is 0 Å². The monoisotopic (exact) mass is 439 g/mol. The summed E-state index contributed by atoms with van der Waals surface area (Å²) in [5, 5.41) is 7.90. The zero-order valence-corrected chi connectivity index (χ0v) is 18.8. The smallest absolute Gasteiger partial charge is 0.222 e. The number of hydrogen-bond donors (Lipinski definition) is 1. The summed E-state index contributed by atoms with van der Waals surface area (Å²) in [4.78, 5) is 14.6. The first-order valence-electron chi connectivity index (χ1n) is 11.1. The van der Waals surface area contributed by atoms with Crippen molar-refractivity contribution < 1.29 is 17.9 Å². The number of rotatable bonds is 7. The number of nitrogens with zero attached hydrogens (tertiary/aromatic N) is 4. The summed E-state index contributed by atoms with van der Waals surface area (Å²) in [6.45, 7) is 5.56. The Labute approximate surface area is 178 Å². The number of aromatic nitrogens is 3. The molecule has 1 N–H and O–H groups in total. The van der Waals surface area contributed by atoms with Crippen LogP contribution in [0.3, 0.4) is 0 Å². The molecule has 2 fully saturated rings. The van der Waals surface area contributed by atoms with Crippen LogP contribution >= 0.6 is 0 Å². The van der Waals surface area contributed by atoms with Crippen molar-refractivity contribution in [2.24, 2.45) is 5.92 Å². The highest BCUT2D eigenvalue weighted by atomic mass is 32.2. The highest BCUT2D eigenvalue weighted by molar-refractivity contribution is 7.90. The number of likely N-dealkylation sites (tertiary alicyclic amines) is 1. The van der Waals surface area contributed by atoms with Crippen LogP contribution in [0.5, 0.6) is 0 Å². The molecule has 10 heteroatoms. The molecule has 30 heavy (non-hydrogen) atoms. The fourth-order valence-corrected chi connectivity index (χ4v) is 5.43. The lowest BCUT2D eigenvalue weighted by Gasteiger charge is -2.34. The molecule has 0 bridgehead atoms. The zero-order chi connectivity index (χ0) is 21.4. The number of sulfonamides is 1. The van der Waals surface area contributed by atoms with Gasteiger partial charge in [0.2, 0.25) is 15.9 Å². The second-order valence-electron chi connectivity index (χ2n) is 9.28. The van der Waals surface area contributed by atoms with E-state index in [4.69, 9.17) is 4.74 Å². The number of fused-ring (bicyclic) bond motifs is 1. The van der Waals surface area contributed by atoms with Crippen molar-refractivity contribution in [3.8, 4) is 0 Å². The Morgan fingerprint density at radius 3 is 2.80 bits per heavy atom. The van der Waals surface area contributed by atoms with Crippen molar-refractivity contribution in [3.63, 3.8) is 0 Å². The molecule has 1 aromatic rings. The number of carbonyl (C=O) groups is 1. The molecule has 168 valence electrons. The van der Waals surface area contributed by atoms with E-state index in [2.05, 4.69) is 15.0 Å². The first-order chi connectivity index (χ1) is 14.3. The quantitative estimate of drug-likeness (QED) is 0.691. The first-order valence-corrected chi connectivity index (χ1v) is 12.6. The van der Waals surface area contributed by atoms with Gasteiger partial charge in [-0.05, 0) is 32.6 Å². The standard InChI is InChI=1S/C20H33N5O4S/c1-15(2)30(27,28)21-11-17-18-12-29-20(14-25(18)23-22-17)9-10-24(13-20)19(26)8-7-16-5-3-4-6-16/h15-16,21H,3-14H2,1-2H3. The number of hydrogen-bond acceptors (Lipinski definition) is 6. The number of nitrogens with one attached hydrogen (secondary N) is 1. The lowest BCUT2D eigenvalue weighted by molar-refractivity contribution is -0.133. The molecule has 9 nitrogen and oxygen atoms in total. The predicted octanol–water partition coefficient (Wildman–Crippen LogP) is 1.58. The predicted molar refractivity (Wildman–Crippen MR) is 111 cm³/mol. The van der Waals surface area contributed by atoms with E-state index in [0.717, 1.165) is 24.5 Å². The lowest BCUT2D eigenvalue weighted by atomic mass is 10.0. The molecule has 1 saturated carbocycles. The normalized spacial score (nSPS) is 24.8. The molecule has 1 saturated heterocycles. The van der Waals surface area contributed by atoms with Crippen LogP contribution < -0.4 is 4.72 Å². The largest absolute Gasteiger partial charge is 0.365 e. The number of amides is 1. The second-order valence-corrected chi connectivity index (χ2v) is 11.6. The summed E-state index contributed by atoms with van der Waals surface area (Å²) in [6, 6.07) is 0.